The van der Waals surface area contributed by atoms with E-state index in [4.69, 9.17) is 4.52 Å². The van der Waals surface area contributed by atoms with Crippen molar-refractivity contribution >= 4 is 10.9 Å². The van der Waals surface area contributed by atoms with Crippen LogP contribution >= 0.6 is 0 Å². The predicted octanol–water partition coefficient (Wildman–Crippen LogP) is 2.78. The van der Waals surface area contributed by atoms with Gasteiger partial charge in [-0.05, 0) is 18.2 Å². The van der Waals surface area contributed by atoms with Crippen LogP contribution < -0.4 is 0 Å². The minimum absolute atomic E-state index is 0.585. The zero-order valence-corrected chi connectivity index (χ0v) is 8.90. The second-order valence-electron chi connectivity index (χ2n) is 3.61. The minimum atomic E-state index is 0.585. The van der Waals surface area contributed by atoms with Gasteiger partial charge in [0.1, 0.15) is 0 Å². The minimum Gasteiger partial charge on any atom is -0.361 e. The topological polar surface area (TPSA) is 54.7 Å². The molecule has 4 nitrogen and oxygen atoms in total. The van der Waals surface area contributed by atoms with Gasteiger partial charge in [-0.3, -0.25) is 0 Å². The molecule has 0 aliphatic rings. The Morgan fingerprint density at radius 3 is 3.06 bits per heavy atom. The summed E-state index contributed by atoms with van der Waals surface area (Å²) in [5.74, 6) is 1.32. The molecule has 2 heterocycles. The molecule has 0 spiro atoms. The maximum absolute atomic E-state index is 5.24. The molecule has 0 radical (unpaired) electrons. The van der Waals surface area contributed by atoms with Crippen LogP contribution in [0.3, 0.4) is 0 Å². The van der Waals surface area contributed by atoms with E-state index in [0.29, 0.717) is 5.89 Å². The van der Waals surface area contributed by atoms with Crippen LogP contribution in [0.4, 0.5) is 0 Å². The van der Waals surface area contributed by atoms with Gasteiger partial charge in [0.2, 0.25) is 0 Å². The molecule has 2 aromatic heterocycles. The van der Waals surface area contributed by atoms with E-state index in [1.807, 2.05) is 37.4 Å². The Hall–Kier alpha value is -2.10. The Labute approximate surface area is 92.3 Å². The quantitative estimate of drug-likeness (QED) is 0.712. The van der Waals surface area contributed by atoms with Gasteiger partial charge in [-0.15, -0.1) is 0 Å². The molecule has 0 unspecified atom stereocenters. The van der Waals surface area contributed by atoms with Crippen molar-refractivity contribution in [2.45, 2.75) is 13.3 Å². The molecule has 0 saturated carbocycles. The summed E-state index contributed by atoms with van der Waals surface area (Å²) in [7, 11) is 0. The number of hydrogen-bond acceptors (Lipinski definition) is 3. The van der Waals surface area contributed by atoms with Gasteiger partial charge in [0.25, 0.3) is 5.89 Å². The second-order valence-corrected chi connectivity index (χ2v) is 3.61. The largest absolute Gasteiger partial charge is 0.361 e. The summed E-state index contributed by atoms with van der Waals surface area (Å²) < 4.78 is 5.24. The van der Waals surface area contributed by atoms with Crippen molar-refractivity contribution < 1.29 is 4.52 Å². The summed E-state index contributed by atoms with van der Waals surface area (Å²) >= 11 is 0. The van der Waals surface area contributed by atoms with Gasteiger partial charge < -0.3 is 9.51 Å². The van der Waals surface area contributed by atoms with Crippen molar-refractivity contribution in [3.63, 3.8) is 0 Å². The molecule has 1 N–H and O–H groups in total. The highest BCUT2D eigenvalue weighted by Gasteiger charge is 2.10. The highest BCUT2D eigenvalue weighted by atomic mass is 16.5. The number of nitrogens with zero attached hydrogens (tertiary/aromatic N) is 2. The SMILES string of the molecule is CCc1noc(-c2cccc3[nH]ccc23)n1. The average Bonchev–Trinajstić information content (AvgIpc) is 2.97. The van der Waals surface area contributed by atoms with E-state index in [-0.39, 0.29) is 0 Å². The number of aryl methyl sites for hydroxylation is 1. The van der Waals surface area contributed by atoms with Crippen LogP contribution in [0.5, 0.6) is 0 Å². The summed E-state index contributed by atoms with van der Waals surface area (Å²) in [6, 6.07) is 8.00. The number of aromatic nitrogens is 3. The highest BCUT2D eigenvalue weighted by Crippen LogP contribution is 2.26. The maximum Gasteiger partial charge on any atom is 0.258 e. The number of fused-ring (bicyclic) bond motifs is 1. The fourth-order valence-electron chi connectivity index (χ4n) is 1.78. The molecule has 3 rings (SSSR count). The fraction of sp³-hybridized carbons (Fsp3) is 0.167. The number of nitrogens with one attached hydrogen (secondary N) is 1. The fourth-order valence-corrected chi connectivity index (χ4v) is 1.78. The highest BCUT2D eigenvalue weighted by molar-refractivity contribution is 5.92. The zero-order valence-electron chi connectivity index (χ0n) is 8.90. The Bertz CT molecular complexity index is 624. The molecule has 80 valence electrons. The van der Waals surface area contributed by atoms with Crippen LogP contribution in [-0.2, 0) is 6.42 Å². The third kappa shape index (κ3) is 1.31. The number of hydrogen-bond donors (Lipinski definition) is 1. The molecule has 0 atom stereocenters. The normalized spacial score (nSPS) is 11.1. The molecule has 0 saturated heterocycles. The Morgan fingerprint density at radius 1 is 1.31 bits per heavy atom. The smallest absolute Gasteiger partial charge is 0.258 e. The third-order valence-corrected chi connectivity index (χ3v) is 2.61. The lowest BCUT2D eigenvalue weighted by molar-refractivity contribution is 0.423. The van der Waals surface area contributed by atoms with Crippen LogP contribution in [0.1, 0.15) is 12.7 Å². The first-order valence-electron chi connectivity index (χ1n) is 5.27. The first-order chi connectivity index (χ1) is 7.88. The Morgan fingerprint density at radius 2 is 2.25 bits per heavy atom. The van der Waals surface area contributed by atoms with Crippen LogP contribution in [0.2, 0.25) is 0 Å². The number of benzene rings is 1. The monoisotopic (exact) mass is 213 g/mol. The van der Waals surface area contributed by atoms with Crippen LogP contribution in [-0.4, -0.2) is 15.1 Å². The third-order valence-electron chi connectivity index (χ3n) is 2.61. The van der Waals surface area contributed by atoms with Crippen molar-refractivity contribution in [3.05, 3.63) is 36.3 Å². The van der Waals surface area contributed by atoms with Gasteiger partial charge >= 0.3 is 0 Å². The average molecular weight is 213 g/mol. The molecule has 4 heteroatoms. The molecule has 1 aromatic carbocycles. The first-order valence-corrected chi connectivity index (χ1v) is 5.27. The van der Waals surface area contributed by atoms with E-state index < -0.39 is 0 Å². The molecule has 16 heavy (non-hydrogen) atoms. The van der Waals surface area contributed by atoms with Crippen LogP contribution in [0.15, 0.2) is 35.0 Å². The number of rotatable bonds is 2. The summed E-state index contributed by atoms with van der Waals surface area (Å²) in [6.07, 6.45) is 2.69. The number of aromatic amines is 1. The van der Waals surface area contributed by atoms with Gasteiger partial charge in [-0.1, -0.05) is 18.1 Å². The van der Waals surface area contributed by atoms with Crippen molar-refractivity contribution in [2.24, 2.45) is 0 Å². The van der Waals surface area contributed by atoms with Crippen LogP contribution in [0, 0.1) is 0 Å². The summed E-state index contributed by atoms with van der Waals surface area (Å²) in [5, 5.41) is 5.01. The van der Waals surface area contributed by atoms with E-state index in [2.05, 4.69) is 15.1 Å². The van der Waals surface area contributed by atoms with E-state index in [0.717, 1.165) is 28.7 Å². The molecular weight excluding hydrogens is 202 g/mol. The first kappa shape index (κ1) is 9.15. The summed E-state index contributed by atoms with van der Waals surface area (Å²) in [5.41, 5.74) is 2.06. The lowest BCUT2D eigenvalue weighted by Crippen LogP contribution is -1.82. The van der Waals surface area contributed by atoms with E-state index >= 15 is 0 Å². The lowest BCUT2D eigenvalue weighted by atomic mass is 10.1. The van der Waals surface area contributed by atoms with Crippen molar-refractivity contribution in [1.82, 2.24) is 15.1 Å². The maximum atomic E-state index is 5.24. The summed E-state index contributed by atoms with van der Waals surface area (Å²) in [4.78, 5) is 7.50. The molecule has 0 aliphatic heterocycles. The van der Waals surface area contributed by atoms with Gasteiger partial charge in [0.05, 0.1) is 0 Å². The molecule has 3 aromatic rings. The van der Waals surface area contributed by atoms with Crippen LogP contribution in [0.25, 0.3) is 22.4 Å². The standard InChI is InChI=1S/C12H11N3O/c1-2-11-14-12(16-15-11)9-4-3-5-10-8(9)6-7-13-10/h3-7,13H,2H2,1H3. The predicted molar refractivity (Wildman–Crippen MR) is 61.0 cm³/mol. The van der Waals surface area contributed by atoms with Gasteiger partial charge in [0.15, 0.2) is 5.82 Å². The van der Waals surface area contributed by atoms with E-state index in [1.165, 1.54) is 0 Å². The molecule has 0 aliphatic carbocycles. The lowest BCUT2D eigenvalue weighted by Gasteiger charge is -1.96. The molecule has 0 bridgehead atoms. The Balaban J connectivity index is 2.21. The zero-order chi connectivity index (χ0) is 11.0. The van der Waals surface area contributed by atoms with Crippen molar-refractivity contribution in [3.8, 4) is 11.5 Å². The van der Waals surface area contributed by atoms with Crippen molar-refractivity contribution in [2.75, 3.05) is 0 Å². The van der Waals surface area contributed by atoms with Crippen molar-refractivity contribution in [1.29, 1.82) is 0 Å². The van der Waals surface area contributed by atoms with E-state index in [9.17, 15) is 0 Å². The molecular formula is C12H11N3O. The Kier molecular flexibility index (Phi) is 1.99. The molecule has 0 amide bonds. The molecule has 0 fully saturated rings. The van der Waals surface area contributed by atoms with Gasteiger partial charge in [-0.25, -0.2) is 0 Å². The van der Waals surface area contributed by atoms with Gasteiger partial charge in [0, 0.05) is 29.1 Å². The summed E-state index contributed by atoms with van der Waals surface area (Å²) in [6.45, 7) is 2.01. The number of H-pyrrole nitrogens is 1. The van der Waals surface area contributed by atoms with E-state index in [1.54, 1.807) is 0 Å². The van der Waals surface area contributed by atoms with Gasteiger partial charge in [-0.2, -0.15) is 4.98 Å². The second kappa shape index (κ2) is 3.48.